The molecule has 1 aliphatic carbocycles. The SMILES string of the molecule is COc1ccc([C@H](C(=O)NC2CCCCC2)N(C(=O)c2ccco2)c2ccc(-n3cnnn3)c(OC)c2)cc1. The van der Waals surface area contributed by atoms with Crippen molar-refractivity contribution in [2.75, 3.05) is 19.1 Å². The number of carbonyl (C=O) groups excluding carboxylic acids is 2. The zero-order chi connectivity index (χ0) is 27.2. The van der Waals surface area contributed by atoms with Gasteiger partial charge in [-0.2, -0.15) is 4.68 Å². The smallest absolute Gasteiger partial charge is 0.294 e. The molecule has 39 heavy (non-hydrogen) atoms. The third kappa shape index (κ3) is 5.62. The van der Waals surface area contributed by atoms with Gasteiger partial charge in [-0.3, -0.25) is 14.5 Å². The molecule has 2 amide bonds. The average Bonchev–Trinajstić information content (AvgIpc) is 3.71. The number of hydrogen-bond acceptors (Lipinski definition) is 8. The van der Waals surface area contributed by atoms with Gasteiger partial charge in [0.15, 0.2) is 5.76 Å². The van der Waals surface area contributed by atoms with Gasteiger partial charge in [-0.1, -0.05) is 31.4 Å². The third-order valence-electron chi connectivity index (χ3n) is 6.88. The molecule has 2 aromatic heterocycles. The average molecular weight is 531 g/mol. The van der Waals surface area contributed by atoms with E-state index in [2.05, 4.69) is 20.8 Å². The normalized spacial score (nSPS) is 14.4. The number of methoxy groups -OCH3 is 2. The molecule has 1 aliphatic rings. The van der Waals surface area contributed by atoms with Gasteiger partial charge in [0, 0.05) is 17.8 Å². The highest BCUT2D eigenvalue weighted by Crippen LogP contribution is 2.35. The van der Waals surface area contributed by atoms with Crippen molar-refractivity contribution in [1.29, 1.82) is 0 Å². The maximum Gasteiger partial charge on any atom is 0.294 e. The van der Waals surface area contributed by atoms with Crippen LogP contribution in [-0.4, -0.2) is 52.3 Å². The summed E-state index contributed by atoms with van der Waals surface area (Å²) in [4.78, 5) is 29.5. The second kappa shape index (κ2) is 11.8. The molecule has 11 heteroatoms. The Morgan fingerprint density at radius 2 is 1.85 bits per heavy atom. The Morgan fingerprint density at radius 3 is 2.49 bits per heavy atom. The number of carbonyl (C=O) groups is 2. The number of rotatable bonds is 9. The van der Waals surface area contributed by atoms with Gasteiger partial charge in [-0.25, -0.2) is 0 Å². The van der Waals surface area contributed by atoms with E-state index in [1.54, 1.807) is 61.7 Å². The van der Waals surface area contributed by atoms with Crippen LogP contribution in [0, 0.1) is 0 Å². The summed E-state index contributed by atoms with van der Waals surface area (Å²) >= 11 is 0. The van der Waals surface area contributed by atoms with Crippen molar-refractivity contribution >= 4 is 17.5 Å². The molecule has 2 heterocycles. The maximum atomic E-state index is 14.0. The van der Waals surface area contributed by atoms with Crippen LogP contribution in [0.15, 0.2) is 71.6 Å². The molecule has 0 spiro atoms. The molecule has 1 N–H and O–H groups in total. The minimum absolute atomic E-state index is 0.0456. The van der Waals surface area contributed by atoms with Gasteiger partial charge in [0.2, 0.25) is 5.91 Å². The lowest BCUT2D eigenvalue weighted by atomic mass is 9.94. The van der Waals surface area contributed by atoms with Gasteiger partial charge in [-0.15, -0.1) is 5.10 Å². The topological polar surface area (TPSA) is 125 Å². The fourth-order valence-electron chi connectivity index (χ4n) is 4.91. The van der Waals surface area contributed by atoms with E-state index in [4.69, 9.17) is 13.9 Å². The Labute approximate surface area is 225 Å². The number of nitrogens with zero attached hydrogens (tertiary/aromatic N) is 5. The van der Waals surface area contributed by atoms with Crippen molar-refractivity contribution in [3.05, 3.63) is 78.5 Å². The van der Waals surface area contributed by atoms with Gasteiger partial charge < -0.3 is 19.2 Å². The Balaban J connectivity index is 1.62. The van der Waals surface area contributed by atoms with Gasteiger partial charge >= 0.3 is 0 Å². The quantitative estimate of drug-likeness (QED) is 0.343. The number of furan rings is 1. The molecule has 2 aromatic carbocycles. The lowest BCUT2D eigenvalue weighted by Gasteiger charge is -2.33. The van der Waals surface area contributed by atoms with Crippen molar-refractivity contribution < 1.29 is 23.5 Å². The summed E-state index contributed by atoms with van der Waals surface area (Å²) in [5.41, 5.74) is 1.63. The fourth-order valence-corrected chi connectivity index (χ4v) is 4.91. The lowest BCUT2D eigenvalue weighted by molar-refractivity contribution is -0.123. The van der Waals surface area contributed by atoms with Crippen molar-refractivity contribution in [2.45, 2.75) is 44.2 Å². The third-order valence-corrected chi connectivity index (χ3v) is 6.88. The van der Waals surface area contributed by atoms with E-state index in [-0.39, 0.29) is 17.7 Å². The highest BCUT2D eigenvalue weighted by molar-refractivity contribution is 6.09. The lowest BCUT2D eigenvalue weighted by Crippen LogP contribution is -2.47. The van der Waals surface area contributed by atoms with Crippen LogP contribution in [0.4, 0.5) is 5.69 Å². The van der Waals surface area contributed by atoms with E-state index in [9.17, 15) is 9.59 Å². The van der Waals surface area contributed by atoms with E-state index in [1.807, 2.05) is 0 Å². The molecule has 0 aliphatic heterocycles. The first-order valence-corrected chi connectivity index (χ1v) is 12.8. The van der Waals surface area contributed by atoms with Gasteiger partial charge in [0.05, 0.1) is 20.5 Å². The number of aromatic nitrogens is 4. The molecule has 0 unspecified atom stereocenters. The number of ether oxygens (including phenoxy) is 2. The highest BCUT2D eigenvalue weighted by Gasteiger charge is 2.36. The summed E-state index contributed by atoms with van der Waals surface area (Å²) < 4.78 is 17.9. The molecule has 5 rings (SSSR count). The van der Waals surface area contributed by atoms with Gasteiger partial charge in [-0.05, 0) is 65.2 Å². The first kappa shape index (κ1) is 26.0. The summed E-state index contributed by atoms with van der Waals surface area (Å²) in [5.74, 6) is 0.398. The van der Waals surface area contributed by atoms with Crippen LogP contribution in [0.1, 0.15) is 54.3 Å². The predicted octanol–water partition coefficient (Wildman–Crippen LogP) is 4.11. The number of tetrazole rings is 1. The monoisotopic (exact) mass is 530 g/mol. The standard InChI is InChI=1S/C28H30N6O5/c1-37-22-13-10-19(11-14-22)26(27(35)30-20-7-4-3-5-8-20)34(28(36)24-9-6-16-39-24)21-12-15-23(25(17-21)38-2)33-18-29-31-32-33/h6,9-18,20,26H,3-5,7-8H2,1-2H3,(H,30,35)/t26-/m1/s1. The summed E-state index contributed by atoms with van der Waals surface area (Å²) in [5, 5.41) is 14.5. The van der Waals surface area contributed by atoms with Gasteiger partial charge in [0.1, 0.15) is 29.6 Å². The fraction of sp³-hybridized carbons (Fsp3) is 0.321. The number of amides is 2. The maximum absolute atomic E-state index is 14.0. The van der Waals surface area contributed by atoms with Crippen LogP contribution in [0.5, 0.6) is 11.5 Å². The van der Waals surface area contributed by atoms with Crippen LogP contribution in [0.2, 0.25) is 0 Å². The summed E-state index contributed by atoms with van der Waals surface area (Å²) in [6, 6.07) is 14.5. The zero-order valence-electron chi connectivity index (χ0n) is 21.8. The van der Waals surface area contributed by atoms with Crippen molar-refractivity contribution in [3.8, 4) is 17.2 Å². The molecular formula is C28H30N6O5. The number of nitrogens with one attached hydrogen (secondary N) is 1. The van der Waals surface area contributed by atoms with E-state index in [1.165, 1.54) is 29.3 Å². The molecule has 1 fully saturated rings. The van der Waals surface area contributed by atoms with Gasteiger partial charge in [0.25, 0.3) is 5.91 Å². The largest absolute Gasteiger partial charge is 0.497 e. The Kier molecular flexibility index (Phi) is 7.86. The van der Waals surface area contributed by atoms with Crippen LogP contribution < -0.4 is 19.7 Å². The van der Waals surface area contributed by atoms with E-state index in [0.29, 0.717) is 28.4 Å². The second-order valence-electron chi connectivity index (χ2n) is 9.28. The summed E-state index contributed by atoms with van der Waals surface area (Å²) in [6.45, 7) is 0. The van der Waals surface area contributed by atoms with Crippen LogP contribution >= 0.6 is 0 Å². The van der Waals surface area contributed by atoms with Crippen LogP contribution in [-0.2, 0) is 4.79 Å². The minimum atomic E-state index is -1.00. The Morgan fingerprint density at radius 1 is 1.05 bits per heavy atom. The minimum Gasteiger partial charge on any atom is -0.497 e. The second-order valence-corrected chi connectivity index (χ2v) is 9.28. The number of benzene rings is 2. The van der Waals surface area contributed by atoms with Crippen molar-refractivity contribution in [1.82, 2.24) is 25.5 Å². The van der Waals surface area contributed by atoms with E-state index in [0.717, 1.165) is 32.1 Å². The predicted molar refractivity (Wildman–Crippen MR) is 142 cm³/mol. The number of anilines is 1. The zero-order valence-corrected chi connectivity index (χ0v) is 21.8. The first-order chi connectivity index (χ1) is 19.1. The molecule has 1 saturated carbocycles. The van der Waals surface area contributed by atoms with Crippen molar-refractivity contribution in [2.24, 2.45) is 0 Å². The Bertz CT molecular complexity index is 1380. The van der Waals surface area contributed by atoms with Crippen LogP contribution in [0.25, 0.3) is 5.69 Å². The Hall–Kier alpha value is -4.67. The highest BCUT2D eigenvalue weighted by atomic mass is 16.5. The first-order valence-electron chi connectivity index (χ1n) is 12.8. The molecule has 0 radical (unpaired) electrons. The molecule has 1 atom stereocenters. The molecular weight excluding hydrogens is 500 g/mol. The summed E-state index contributed by atoms with van der Waals surface area (Å²) in [7, 11) is 3.09. The summed E-state index contributed by atoms with van der Waals surface area (Å²) in [6.07, 6.45) is 7.96. The molecule has 4 aromatic rings. The van der Waals surface area contributed by atoms with Crippen LogP contribution in [0.3, 0.4) is 0 Å². The van der Waals surface area contributed by atoms with E-state index >= 15 is 0 Å². The molecule has 11 nitrogen and oxygen atoms in total. The molecule has 0 bridgehead atoms. The van der Waals surface area contributed by atoms with E-state index < -0.39 is 11.9 Å². The van der Waals surface area contributed by atoms with Crippen molar-refractivity contribution in [3.63, 3.8) is 0 Å². The molecule has 0 saturated heterocycles. The molecule has 202 valence electrons. The number of hydrogen-bond donors (Lipinski definition) is 1.